The fourth-order valence-corrected chi connectivity index (χ4v) is 5.90. The number of imidazole rings is 1. The van der Waals surface area contributed by atoms with Crippen LogP contribution in [0, 0.1) is 6.92 Å². The zero-order chi connectivity index (χ0) is 28.0. The van der Waals surface area contributed by atoms with Crippen molar-refractivity contribution >= 4 is 28.0 Å². The molecular weight excluding hydrogens is 506 g/mol. The maximum absolute atomic E-state index is 13.4. The van der Waals surface area contributed by atoms with Gasteiger partial charge in [-0.05, 0) is 62.9 Å². The van der Waals surface area contributed by atoms with Crippen LogP contribution in [0.4, 0.5) is 5.69 Å². The highest BCUT2D eigenvalue weighted by atomic mass is 16.5. The summed E-state index contributed by atoms with van der Waals surface area (Å²) in [7, 11) is 5.08. The van der Waals surface area contributed by atoms with E-state index < -0.39 is 0 Å². The summed E-state index contributed by atoms with van der Waals surface area (Å²) in [4.78, 5) is 23.0. The molecule has 9 heteroatoms. The molecule has 1 fully saturated rings. The monoisotopic (exact) mass is 539 g/mol. The Kier molecular flexibility index (Phi) is 6.67. The van der Waals surface area contributed by atoms with Gasteiger partial charge in [-0.25, -0.2) is 4.98 Å². The molecule has 0 bridgehead atoms. The number of ether oxygens (including phenoxy) is 2. The number of carbonyl (C=O) groups is 1. The highest BCUT2D eigenvalue weighted by Gasteiger charge is 2.27. The van der Waals surface area contributed by atoms with Crippen molar-refractivity contribution < 1.29 is 19.4 Å². The average Bonchev–Trinajstić information content (AvgIpc) is 3.53. The number of aryl methyl sites for hydroxylation is 2. The van der Waals surface area contributed by atoms with E-state index in [0.29, 0.717) is 17.1 Å². The largest absolute Gasteiger partial charge is 0.496 e. The highest BCUT2D eigenvalue weighted by molar-refractivity contribution is 6.08. The van der Waals surface area contributed by atoms with Crippen LogP contribution in [-0.2, 0) is 7.05 Å². The molecule has 9 nitrogen and oxygen atoms in total. The Bertz CT molecular complexity index is 1730. The van der Waals surface area contributed by atoms with Crippen LogP contribution in [0.25, 0.3) is 27.7 Å². The summed E-state index contributed by atoms with van der Waals surface area (Å²) in [5.41, 5.74) is 5.51. The minimum absolute atomic E-state index is 0.228. The first kappa shape index (κ1) is 25.9. The van der Waals surface area contributed by atoms with Gasteiger partial charge < -0.3 is 24.5 Å². The van der Waals surface area contributed by atoms with Crippen molar-refractivity contribution in [1.82, 2.24) is 18.9 Å². The van der Waals surface area contributed by atoms with Crippen LogP contribution in [0.15, 0.2) is 54.9 Å². The Morgan fingerprint density at radius 3 is 2.58 bits per heavy atom. The number of aliphatic hydroxyl groups is 1. The van der Waals surface area contributed by atoms with Crippen molar-refractivity contribution in [3.8, 4) is 22.8 Å². The SMILES string of the molecule is COc1cc(-c2nc([C@H]3CC[C@H](O)CC3)n3ccnc(C)c23)ccc1NC(=O)c1cc2c(OC)cccc2n1C. The molecule has 3 heterocycles. The van der Waals surface area contributed by atoms with Gasteiger partial charge in [0.1, 0.15) is 23.0 Å². The summed E-state index contributed by atoms with van der Waals surface area (Å²) in [5.74, 6) is 2.26. The van der Waals surface area contributed by atoms with Crippen molar-refractivity contribution in [2.24, 2.45) is 7.05 Å². The van der Waals surface area contributed by atoms with Crippen LogP contribution in [0.5, 0.6) is 11.5 Å². The number of hydrogen-bond donors (Lipinski definition) is 2. The van der Waals surface area contributed by atoms with Gasteiger partial charge in [0.05, 0.1) is 48.4 Å². The lowest BCUT2D eigenvalue weighted by Gasteiger charge is -2.24. The number of methoxy groups -OCH3 is 2. The van der Waals surface area contributed by atoms with Gasteiger partial charge in [0.2, 0.25) is 0 Å². The van der Waals surface area contributed by atoms with Crippen molar-refractivity contribution in [1.29, 1.82) is 0 Å². The molecule has 1 aliphatic carbocycles. The number of carbonyl (C=O) groups excluding carboxylic acids is 1. The second-order valence-corrected chi connectivity index (χ2v) is 10.4. The molecule has 1 amide bonds. The van der Waals surface area contributed by atoms with E-state index in [1.807, 2.05) is 67.2 Å². The van der Waals surface area contributed by atoms with Crippen molar-refractivity contribution in [3.05, 3.63) is 72.1 Å². The number of hydrogen-bond acceptors (Lipinski definition) is 6. The second-order valence-electron chi connectivity index (χ2n) is 10.4. The summed E-state index contributed by atoms with van der Waals surface area (Å²) < 4.78 is 15.2. The Labute approximate surface area is 232 Å². The van der Waals surface area contributed by atoms with Crippen LogP contribution in [0.1, 0.15) is 53.6 Å². The van der Waals surface area contributed by atoms with Gasteiger partial charge >= 0.3 is 0 Å². The van der Waals surface area contributed by atoms with Crippen LogP contribution in [-0.4, -0.2) is 50.3 Å². The molecule has 206 valence electrons. The maximum Gasteiger partial charge on any atom is 0.272 e. The van der Waals surface area contributed by atoms with Crippen molar-refractivity contribution in [2.45, 2.75) is 44.6 Å². The van der Waals surface area contributed by atoms with Gasteiger partial charge in [0, 0.05) is 36.3 Å². The van der Waals surface area contributed by atoms with E-state index in [0.717, 1.165) is 70.6 Å². The molecule has 2 N–H and O–H groups in total. The number of fused-ring (bicyclic) bond motifs is 2. The van der Waals surface area contributed by atoms with E-state index in [9.17, 15) is 9.90 Å². The Balaban J connectivity index is 1.35. The zero-order valence-corrected chi connectivity index (χ0v) is 23.1. The lowest BCUT2D eigenvalue weighted by atomic mass is 9.87. The number of nitrogens with one attached hydrogen (secondary N) is 1. The molecule has 6 rings (SSSR count). The fraction of sp³-hybridized carbons (Fsp3) is 0.323. The lowest BCUT2D eigenvalue weighted by Crippen LogP contribution is -2.18. The van der Waals surface area contributed by atoms with Gasteiger partial charge in [0.25, 0.3) is 5.91 Å². The summed E-state index contributed by atoms with van der Waals surface area (Å²) in [5, 5.41) is 13.9. The van der Waals surface area contributed by atoms with Crippen LogP contribution in [0.2, 0.25) is 0 Å². The number of benzene rings is 2. The second kappa shape index (κ2) is 10.3. The first-order valence-electron chi connectivity index (χ1n) is 13.5. The summed E-state index contributed by atoms with van der Waals surface area (Å²) in [6.45, 7) is 1.99. The van der Waals surface area contributed by atoms with Crippen molar-refractivity contribution in [2.75, 3.05) is 19.5 Å². The van der Waals surface area contributed by atoms with E-state index in [1.165, 1.54) is 0 Å². The standard InChI is InChI=1S/C31H33N5O4/c1-18-29-28(34-30(36(29)15-14-32-18)19-8-11-21(37)12-9-19)20-10-13-23(27(16-20)40-4)33-31(38)25-17-22-24(35(25)2)6-5-7-26(22)39-3/h5-7,10,13-17,19,21,37H,8-9,11-12H2,1-4H3,(H,33,38)/t19-,21-. The molecule has 0 aliphatic heterocycles. The molecule has 0 spiro atoms. The molecule has 3 aromatic heterocycles. The molecule has 1 saturated carbocycles. The zero-order valence-electron chi connectivity index (χ0n) is 23.1. The smallest absolute Gasteiger partial charge is 0.272 e. The Morgan fingerprint density at radius 2 is 1.82 bits per heavy atom. The molecule has 40 heavy (non-hydrogen) atoms. The molecule has 5 aromatic rings. The van der Waals surface area contributed by atoms with Gasteiger partial charge in [0.15, 0.2) is 0 Å². The van der Waals surface area contributed by atoms with Crippen LogP contribution in [0.3, 0.4) is 0 Å². The number of nitrogens with zero attached hydrogens (tertiary/aromatic N) is 4. The number of aromatic nitrogens is 4. The molecular formula is C31H33N5O4. The van der Waals surface area contributed by atoms with Gasteiger partial charge in [-0.15, -0.1) is 0 Å². The fourth-order valence-electron chi connectivity index (χ4n) is 5.90. The van der Waals surface area contributed by atoms with E-state index in [1.54, 1.807) is 20.4 Å². The van der Waals surface area contributed by atoms with Crippen LogP contribution >= 0.6 is 0 Å². The van der Waals surface area contributed by atoms with E-state index in [4.69, 9.17) is 14.5 Å². The normalized spacial score (nSPS) is 17.3. The molecule has 0 radical (unpaired) electrons. The lowest BCUT2D eigenvalue weighted by molar-refractivity contribution is 0.101. The summed E-state index contributed by atoms with van der Waals surface area (Å²) >= 11 is 0. The molecule has 1 aliphatic rings. The average molecular weight is 540 g/mol. The molecule has 0 saturated heterocycles. The third-order valence-corrected chi connectivity index (χ3v) is 8.05. The Hall–Kier alpha value is -4.37. The highest BCUT2D eigenvalue weighted by Crippen LogP contribution is 2.38. The predicted molar refractivity (Wildman–Crippen MR) is 154 cm³/mol. The third kappa shape index (κ3) is 4.36. The number of rotatable bonds is 6. The van der Waals surface area contributed by atoms with E-state index in [-0.39, 0.29) is 17.9 Å². The van der Waals surface area contributed by atoms with Crippen LogP contribution < -0.4 is 14.8 Å². The van der Waals surface area contributed by atoms with Crippen molar-refractivity contribution in [3.63, 3.8) is 0 Å². The minimum Gasteiger partial charge on any atom is -0.496 e. The Morgan fingerprint density at radius 1 is 1.05 bits per heavy atom. The minimum atomic E-state index is -0.249. The first-order chi connectivity index (χ1) is 19.4. The summed E-state index contributed by atoms with van der Waals surface area (Å²) in [6, 6.07) is 13.3. The predicted octanol–water partition coefficient (Wildman–Crippen LogP) is 5.48. The number of aliphatic hydroxyl groups excluding tert-OH is 1. The van der Waals surface area contributed by atoms with E-state index >= 15 is 0 Å². The first-order valence-corrected chi connectivity index (χ1v) is 13.5. The molecule has 0 unspecified atom stereocenters. The maximum atomic E-state index is 13.4. The summed E-state index contributed by atoms with van der Waals surface area (Å²) in [6.07, 6.45) is 6.90. The van der Waals surface area contributed by atoms with Gasteiger partial charge in [-0.1, -0.05) is 12.1 Å². The van der Waals surface area contributed by atoms with Gasteiger partial charge in [-0.3, -0.25) is 14.2 Å². The molecule has 0 atom stereocenters. The quantitative estimate of drug-likeness (QED) is 0.296. The topological polar surface area (TPSA) is 103 Å². The molecule has 2 aromatic carbocycles. The number of anilines is 1. The van der Waals surface area contributed by atoms with E-state index in [2.05, 4.69) is 14.7 Å². The number of amides is 1. The third-order valence-electron chi connectivity index (χ3n) is 8.05. The van der Waals surface area contributed by atoms with Gasteiger partial charge in [-0.2, -0.15) is 0 Å².